The first-order valence-corrected chi connectivity index (χ1v) is 8.06. The van der Waals surface area contributed by atoms with E-state index in [1.54, 1.807) is 0 Å². The Morgan fingerprint density at radius 2 is 1.40 bits per heavy atom. The minimum absolute atomic E-state index is 0.801. The number of hydrogen-bond donors (Lipinski definition) is 0. The van der Waals surface area contributed by atoms with Crippen molar-refractivity contribution in [3.63, 3.8) is 0 Å². The minimum Gasteiger partial charge on any atom is -0.341 e. The van der Waals surface area contributed by atoms with Crippen LogP contribution < -0.4 is 4.90 Å². The van der Waals surface area contributed by atoms with Gasteiger partial charge in [-0.25, -0.2) is 9.97 Å². The third-order valence-electron chi connectivity index (χ3n) is 4.39. The van der Waals surface area contributed by atoms with Gasteiger partial charge >= 0.3 is 0 Å². The molecule has 0 radical (unpaired) electrons. The molecule has 1 fully saturated rings. The smallest absolute Gasteiger partial charge is 0.225 e. The molecule has 1 aromatic heterocycles. The third-order valence-corrected chi connectivity index (χ3v) is 4.39. The van der Waals surface area contributed by atoms with E-state index in [-0.39, 0.29) is 0 Å². The topological polar surface area (TPSA) is 29.0 Å². The first-order chi connectivity index (χ1) is 9.49. The van der Waals surface area contributed by atoms with Crippen molar-refractivity contribution in [3.05, 3.63) is 17.0 Å². The van der Waals surface area contributed by atoms with Gasteiger partial charge in [-0.1, -0.05) is 27.7 Å². The minimum atomic E-state index is 0.801. The molecule has 3 heteroatoms. The van der Waals surface area contributed by atoms with Crippen LogP contribution in [-0.4, -0.2) is 23.1 Å². The maximum Gasteiger partial charge on any atom is 0.225 e. The van der Waals surface area contributed by atoms with E-state index in [0.29, 0.717) is 0 Å². The first-order valence-electron chi connectivity index (χ1n) is 8.06. The van der Waals surface area contributed by atoms with Gasteiger partial charge in [0.2, 0.25) is 5.95 Å². The molecule has 0 aliphatic carbocycles. The summed E-state index contributed by atoms with van der Waals surface area (Å²) in [6.07, 6.45) is 2.54. The van der Waals surface area contributed by atoms with Crippen LogP contribution in [0.3, 0.4) is 0 Å². The number of nitrogens with zero attached hydrogens (tertiary/aromatic N) is 3. The normalized spacial score (nSPS) is 16.1. The van der Waals surface area contributed by atoms with E-state index >= 15 is 0 Å². The Morgan fingerprint density at radius 1 is 0.950 bits per heavy atom. The Labute approximate surface area is 124 Å². The third kappa shape index (κ3) is 3.94. The standard InChI is InChI=1S/C15H25N3.C2H6/c1-10(2)14-6-8-18(9-7-14)15-16-12(4)11(3)13(5)17-15;1-2/h10,14H,6-9H2,1-5H3;1-2H3. The first kappa shape index (κ1) is 16.9. The lowest BCUT2D eigenvalue weighted by Gasteiger charge is -2.34. The summed E-state index contributed by atoms with van der Waals surface area (Å²) in [5.74, 6) is 2.60. The lowest BCUT2D eigenvalue weighted by molar-refractivity contribution is 0.310. The molecule has 0 aromatic carbocycles. The van der Waals surface area contributed by atoms with Gasteiger partial charge in [-0.2, -0.15) is 0 Å². The molecule has 2 heterocycles. The molecule has 3 nitrogen and oxygen atoms in total. The molecule has 20 heavy (non-hydrogen) atoms. The van der Waals surface area contributed by atoms with Crippen LogP contribution in [0.25, 0.3) is 0 Å². The van der Waals surface area contributed by atoms with Crippen LogP contribution in [0.1, 0.15) is 57.5 Å². The van der Waals surface area contributed by atoms with Gasteiger partial charge in [-0.15, -0.1) is 0 Å². The van der Waals surface area contributed by atoms with E-state index in [0.717, 1.165) is 42.3 Å². The van der Waals surface area contributed by atoms with Crippen LogP contribution in [0.4, 0.5) is 5.95 Å². The van der Waals surface area contributed by atoms with Crippen LogP contribution >= 0.6 is 0 Å². The second kappa shape index (κ2) is 7.61. The molecule has 114 valence electrons. The summed E-state index contributed by atoms with van der Waals surface area (Å²) in [4.78, 5) is 11.6. The summed E-state index contributed by atoms with van der Waals surface area (Å²) < 4.78 is 0. The molecule has 0 saturated carbocycles. The van der Waals surface area contributed by atoms with Gasteiger partial charge in [0.05, 0.1) is 0 Å². The summed E-state index contributed by atoms with van der Waals surface area (Å²) in [5.41, 5.74) is 3.45. The van der Waals surface area contributed by atoms with Crippen molar-refractivity contribution in [2.45, 2.75) is 61.3 Å². The molecule has 0 atom stereocenters. The van der Waals surface area contributed by atoms with Crippen molar-refractivity contribution in [3.8, 4) is 0 Å². The number of anilines is 1. The SMILES string of the molecule is CC.Cc1nc(N2CCC(C(C)C)CC2)nc(C)c1C. The highest BCUT2D eigenvalue weighted by molar-refractivity contribution is 5.36. The second-order valence-electron chi connectivity index (χ2n) is 5.89. The summed E-state index contributed by atoms with van der Waals surface area (Å²) >= 11 is 0. The summed E-state index contributed by atoms with van der Waals surface area (Å²) in [6.45, 7) is 17.1. The lowest BCUT2D eigenvalue weighted by Crippen LogP contribution is -2.36. The van der Waals surface area contributed by atoms with Crippen molar-refractivity contribution < 1.29 is 0 Å². The van der Waals surface area contributed by atoms with Crippen LogP contribution in [0.5, 0.6) is 0 Å². The van der Waals surface area contributed by atoms with Crippen molar-refractivity contribution >= 4 is 5.95 Å². The highest BCUT2D eigenvalue weighted by Gasteiger charge is 2.23. The van der Waals surface area contributed by atoms with E-state index in [9.17, 15) is 0 Å². The molecule has 0 spiro atoms. The van der Waals surface area contributed by atoms with E-state index in [4.69, 9.17) is 0 Å². The maximum atomic E-state index is 4.64. The number of hydrogen-bond acceptors (Lipinski definition) is 3. The summed E-state index contributed by atoms with van der Waals surface area (Å²) in [5, 5.41) is 0. The molecular weight excluding hydrogens is 246 g/mol. The van der Waals surface area contributed by atoms with Crippen LogP contribution in [0.15, 0.2) is 0 Å². The Bertz CT molecular complexity index is 395. The molecule has 2 rings (SSSR count). The number of rotatable bonds is 2. The highest BCUT2D eigenvalue weighted by atomic mass is 15.3. The summed E-state index contributed by atoms with van der Waals surface area (Å²) in [6, 6.07) is 0. The van der Waals surface area contributed by atoms with Crippen molar-refractivity contribution in [1.29, 1.82) is 0 Å². The fraction of sp³-hybridized carbons (Fsp3) is 0.765. The van der Waals surface area contributed by atoms with E-state index in [1.165, 1.54) is 18.4 Å². The number of aromatic nitrogens is 2. The molecular formula is C17H31N3. The molecule has 1 aromatic rings. The lowest BCUT2D eigenvalue weighted by atomic mass is 9.87. The van der Waals surface area contributed by atoms with Gasteiger partial charge in [0.1, 0.15) is 0 Å². The average molecular weight is 277 g/mol. The Hall–Kier alpha value is -1.12. The Balaban J connectivity index is 0.000000956. The Morgan fingerprint density at radius 3 is 1.80 bits per heavy atom. The van der Waals surface area contributed by atoms with Gasteiger partial charge in [-0.3, -0.25) is 0 Å². The Kier molecular flexibility index (Phi) is 6.44. The van der Waals surface area contributed by atoms with Crippen molar-refractivity contribution in [2.24, 2.45) is 11.8 Å². The molecule has 0 N–H and O–H groups in total. The molecule has 0 bridgehead atoms. The van der Waals surface area contributed by atoms with E-state index in [2.05, 4.69) is 49.5 Å². The van der Waals surface area contributed by atoms with Gasteiger partial charge in [-0.05, 0) is 51.0 Å². The molecule has 0 amide bonds. The quantitative estimate of drug-likeness (QED) is 0.807. The molecule has 0 unspecified atom stereocenters. The zero-order valence-electron chi connectivity index (χ0n) is 14.3. The predicted octanol–water partition coefficient (Wildman–Crippen LogP) is 4.30. The molecule has 1 aliphatic heterocycles. The largest absolute Gasteiger partial charge is 0.341 e. The fourth-order valence-electron chi connectivity index (χ4n) is 2.66. The number of aryl methyl sites for hydroxylation is 2. The second-order valence-corrected chi connectivity index (χ2v) is 5.89. The average Bonchev–Trinajstić information content (AvgIpc) is 2.46. The zero-order chi connectivity index (χ0) is 15.3. The van der Waals surface area contributed by atoms with E-state index < -0.39 is 0 Å². The van der Waals surface area contributed by atoms with Crippen LogP contribution in [0.2, 0.25) is 0 Å². The van der Waals surface area contributed by atoms with Crippen LogP contribution in [-0.2, 0) is 0 Å². The van der Waals surface area contributed by atoms with Gasteiger partial charge in [0.25, 0.3) is 0 Å². The van der Waals surface area contributed by atoms with Crippen molar-refractivity contribution in [1.82, 2.24) is 9.97 Å². The van der Waals surface area contributed by atoms with Crippen LogP contribution in [0, 0.1) is 32.6 Å². The fourth-order valence-corrected chi connectivity index (χ4v) is 2.66. The highest BCUT2D eigenvalue weighted by Crippen LogP contribution is 2.26. The number of piperidine rings is 1. The van der Waals surface area contributed by atoms with E-state index in [1.807, 2.05) is 13.8 Å². The zero-order valence-corrected chi connectivity index (χ0v) is 14.3. The monoisotopic (exact) mass is 277 g/mol. The maximum absolute atomic E-state index is 4.64. The van der Waals surface area contributed by atoms with Gasteiger partial charge in [0.15, 0.2) is 0 Å². The predicted molar refractivity (Wildman–Crippen MR) is 87.4 cm³/mol. The van der Waals surface area contributed by atoms with Gasteiger partial charge < -0.3 is 4.90 Å². The van der Waals surface area contributed by atoms with Gasteiger partial charge in [0, 0.05) is 24.5 Å². The molecule has 1 aliphatic rings. The molecule has 1 saturated heterocycles. The summed E-state index contributed by atoms with van der Waals surface area (Å²) in [7, 11) is 0. The van der Waals surface area contributed by atoms with Crippen molar-refractivity contribution in [2.75, 3.05) is 18.0 Å².